The molecule has 206 valence electrons. The predicted molar refractivity (Wildman–Crippen MR) is 133 cm³/mol. The topological polar surface area (TPSA) is 174 Å². The van der Waals surface area contributed by atoms with Gasteiger partial charge in [-0.25, -0.2) is 13.2 Å². The van der Waals surface area contributed by atoms with Crippen molar-refractivity contribution in [2.45, 2.75) is 75.5 Å². The molecule has 0 bridgehead atoms. The molecule has 1 heterocycles. The number of aliphatic hydroxyl groups excluding tert-OH is 1. The van der Waals surface area contributed by atoms with E-state index in [1.807, 2.05) is 0 Å². The average Bonchev–Trinajstić information content (AvgIpc) is 3.26. The molecule has 14 heteroatoms. The summed E-state index contributed by atoms with van der Waals surface area (Å²) in [6, 6.07) is 4.18. The molecule has 1 aliphatic heterocycles. The summed E-state index contributed by atoms with van der Waals surface area (Å²) in [5.74, 6) is -1.66. The summed E-state index contributed by atoms with van der Waals surface area (Å²) in [6.07, 6.45) is 4.31. The molecule has 0 aromatic heterocycles. The molecule has 2 fully saturated rings. The van der Waals surface area contributed by atoms with E-state index in [2.05, 4.69) is 16.0 Å². The number of hydrogen-bond acceptors (Lipinski definition) is 8. The van der Waals surface area contributed by atoms with Crippen LogP contribution in [-0.4, -0.2) is 60.0 Å². The number of hydrogen-bond donors (Lipinski definition) is 4. The number of aliphatic hydroxyl groups is 1. The fourth-order valence-electron chi connectivity index (χ4n) is 4.84. The maximum absolute atomic E-state index is 13.3. The van der Waals surface area contributed by atoms with Crippen LogP contribution in [0, 0.1) is 11.8 Å². The summed E-state index contributed by atoms with van der Waals surface area (Å²) in [7, 11) is -5.19. The fourth-order valence-corrected chi connectivity index (χ4v) is 5.61. The van der Waals surface area contributed by atoms with E-state index in [9.17, 15) is 32.5 Å². The smallest absolute Gasteiger partial charge is 0.746 e. The van der Waals surface area contributed by atoms with Crippen molar-refractivity contribution >= 4 is 39.6 Å². The molecule has 3 rings (SSSR count). The number of carbonyl (C=O) groups excluding carboxylic acids is 3. The maximum atomic E-state index is 13.3. The van der Waals surface area contributed by atoms with Gasteiger partial charge in [-0.1, -0.05) is 61.9 Å². The molecule has 1 saturated carbocycles. The van der Waals surface area contributed by atoms with Gasteiger partial charge in [0.05, 0.1) is 6.04 Å². The van der Waals surface area contributed by atoms with E-state index in [-0.39, 0.29) is 60.8 Å². The van der Waals surface area contributed by atoms with Gasteiger partial charge in [-0.2, -0.15) is 0 Å². The molecule has 1 aromatic carbocycles. The number of alkyl carbamates (subject to hydrolysis) is 1. The Kier molecular flexibility index (Phi) is 13.3. The Morgan fingerprint density at radius 2 is 1.82 bits per heavy atom. The van der Waals surface area contributed by atoms with E-state index >= 15 is 0 Å². The maximum Gasteiger partial charge on any atom is 1.00 e. The Morgan fingerprint density at radius 3 is 2.42 bits per heavy atom. The van der Waals surface area contributed by atoms with Crippen molar-refractivity contribution < 1.29 is 66.8 Å². The predicted octanol–water partition coefficient (Wildman–Crippen LogP) is -1.22. The van der Waals surface area contributed by atoms with Gasteiger partial charge >= 0.3 is 35.7 Å². The number of ether oxygens (including phenoxy) is 1. The third-order valence-electron chi connectivity index (χ3n) is 6.89. The summed E-state index contributed by atoms with van der Waals surface area (Å²) < 4.78 is 39.9. The summed E-state index contributed by atoms with van der Waals surface area (Å²) in [4.78, 5) is 37.9. The van der Waals surface area contributed by atoms with Crippen molar-refractivity contribution in [3.05, 3.63) is 34.9 Å². The Balaban J connectivity index is 0.00000507. The second-order valence-corrected chi connectivity index (χ2v) is 11.5. The van der Waals surface area contributed by atoms with Crippen molar-refractivity contribution in [1.29, 1.82) is 0 Å². The number of benzene rings is 1. The third-order valence-corrected chi connectivity index (χ3v) is 8.18. The van der Waals surface area contributed by atoms with Crippen molar-refractivity contribution in [1.82, 2.24) is 16.0 Å². The summed E-state index contributed by atoms with van der Waals surface area (Å²) in [6.45, 7) is 0.239. The van der Waals surface area contributed by atoms with E-state index in [1.165, 1.54) is 0 Å². The van der Waals surface area contributed by atoms with Crippen molar-refractivity contribution in [2.24, 2.45) is 11.8 Å². The monoisotopic (exact) mass is 581 g/mol. The van der Waals surface area contributed by atoms with Gasteiger partial charge in [0.1, 0.15) is 22.8 Å². The van der Waals surface area contributed by atoms with Crippen molar-refractivity contribution in [3.8, 4) is 0 Å². The Morgan fingerprint density at radius 1 is 1.13 bits per heavy atom. The van der Waals surface area contributed by atoms with E-state index in [0.29, 0.717) is 23.6 Å². The molecule has 1 aliphatic carbocycles. The molecular weight excluding hydrogens is 549 g/mol. The first-order valence-corrected chi connectivity index (χ1v) is 14.3. The quantitative estimate of drug-likeness (QED) is 0.186. The Labute approximate surface area is 249 Å². The minimum absolute atomic E-state index is 0. The molecule has 3 amide bonds. The van der Waals surface area contributed by atoms with Crippen LogP contribution in [0.4, 0.5) is 4.79 Å². The van der Waals surface area contributed by atoms with Crippen molar-refractivity contribution in [2.75, 3.05) is 6.54 Å². The molecule has 1 aromatic rings. The first-order chi connectivity index (χ1) is 17.5. The Hall–Kier alpha value is -1.41. The fraction of sp³-hybridized carbons (Fsp3) is 0.625. The summed E-state index contributed by atoms with van der Waals surface area (Å²) in [5.41, 5.74) is -1.88. The SMILES string of the molecule is O=C(N[C@@H](CC1CCCCC1)C(=O)N[C@@H](C[C@@H]1CCNC1=O)C(O)S(=O)(=O)[O-])OCc1ccccc1Cl.[Na+]. The van der Waals surface area contributed by atoms with E-state index in [0.717, 1.165) is 32.1 Å². The van der Waals surface area contributed by atoms with E-state index in [1.54, 1.807) is 24.3 Å². The van der Waals surface area contributed by atoms with Crippen molar-refractivity contribution in [3.63, 3.8) is 0 Å². The normalized spacial score (nSPS) is 20.4. The van der Waals surface area contributed by atoms with Crippen LogP contribution < -0.4 is 45.5 Å². The van der Waals surface area contributed by atoms with Gasteiger partial charge in [0.15, 0.2) is 5.44 Å². The summed E-state index contributed by atoms with van der Waals surface area (Å²) in [5, 5.41) is 18.1. The third kappa shape index (κ3) is 9.96. The van der Waals surface area contributed by atoms with Crippen LogP contribution in [0.2, 0.25) is 5.02 Å². The first kappa shape index (κ1) is 32.8. The van der Waals surface area contributed by atoms with Crippen LogP contribution >= 0.6 is 11.6 Å². The first-order valence-electron chi connectivity index (χ1n) is 12.4. The summed E-state index contributed by atoms with van der Waals surface area (Å²) >= 11 is 6.09. The van der Waals surface area contributed by atoms with Gasteiger partial charge in [0, 0.05) is 23.0 Å². The molecule has 4 N–H and O–H groups in total. The zero-order chi connectivity index (χ0) is 27.0. The molecule has 0 spiro atoms. The van der Waals surface area contributed by atoms with Crippen LogP contribution in [-0.2, 0) is 31.1 Å². The van der Waals surface area contributed by atoms with Gasteiger partial charge in [0.2, 0.25) is 11.8 Å². The van der Waals surface area contributed by atoms with E-state index in [4.69, 9.17) is 16.3 Å². The second-order valence-electron chi connectivity index (χ2n) is 9.61. The number of carbonyl (C=O) groups is 3. The van der Waals surface area contributed by atoms with Crippen LogP contribution in [0.25, 0.3) is 0 Å². The van der Waals surface area contributed by atoms with Crippen LogP contribution in [0.3, 0.4) is 0 Å². The molecular formula is C24H33ClN3NaO8S. The van der Waals surface area contributed by atoms with Gasteiger partial charge < -0.3 is 30.3 Å². The van der Waals surface area contributed by atoms with Gasteiger partial charge in [-0.15, -0.1) is 0 Å². The van der Waals surface area contributed by atoms with Gasteiger partial charge in [-0.3, -0.25) is 9.59 Å². The zero-order valence-electron chi connectivity index (χ0n) is 21.4. The minimum atomic E-state index is -5.19. The molecule has 1 saturated heterocycles. The number of nitrogens with one attached hydrogen (secondary N) is 3. The van der Waals surface area contributed by atoms with Crippen LogP contribution in [0.5, 0.6) is 0 Å². The van der Waals surface area contributed by atoms with Gasteiger partial charge in [0.25, 0.3) is 0 Å². The zero-order valence-corrected chi connectivity index (χ0v) is 24.9. The number of rotatable bonds is 11. The molecule has 1 unspecified atom stereocenters. The Bertz CT molecular complexity index is 1070. The second kappa shape index (κ2) is 15.4. The molecule has 11 nitrogen and oxygen atoms in total. The van der Waals surface area contributed by atoms with Gasteiger partial charge in [-0.05, 0) is 31.2 Å². The van der Waals surface area contributed by atoms with Crippen LogP contribution in [0.15, 0.2) is 24.3 Å². The largest absolute Gasteiger partial charge is 1.00 e. The van der Waals surface area contributed by atoms with E-state index < -0.39 is 45.6 Å². The number of amides is 3. The minimum Gasteiger partial charge on any atom is -0.746 e. The van der Waals surface area contributed by atoms with Crippen LogP contribution in [0.1, 0.15) is 56.9 Å². The average molecular weight is 582 g/mol. The molecule has 2 aliphatic rings. The molecule has 4 atom stereocenters. The molecule has 38 heavy (non-hydrogen) atoms. The molecule has 0 radical (unpaired) electrons. The number of halogens is 1. The standard InChI is InChI=1S/C24H34ClN3O8S.Na/c25-18-9-5-4-8-17(18)14-36-24(32)28-19(12-15-6-2-1-3-7-15)22(30)27-20(23(31)37(33,34)35)13-16-10-11-26-21(16)29;/h4-5,8-9,15-16,19-20,23,31H,1-3,6-7,10-14H2,(H,26,29)(H,27,30)(H,28,32)(H,33,34,35);/q;+1/p-1/t16-,19-,20-,23?;/m0./s1.